The van der Waals surface area contributed by atoms with Crippen LogP contribution in [-0.2, 0) is 14.3 Å². The molecule has 9 nitrogen and oxygen atoms in total. The number of benzene rings is 3. The molecule has 214 valence electrons. The number of aromatic carboxylic acids is 1. The molecule has 2 aromatic carbocycles. The Morgan fingerprint density at radius 1 is 1.05 bits per heavy atom. The first-order chi connectivity index (χ1) is 19.6. The highest BCUT2D eigenvalue weighted by atomic mass is 16.5. The number of esters is 1. The second kappa shape index (κ2) is 13.9. The summed E-state index contributed by atoms with van der Waals surface area (Å²) in [6, 6.07) is 18.6. The molecule has 4 rings (SSSR count). The van der Waals surface area contributed by atoms with Crippen LogP contribution in [0.15, 0.2) is 77.9 Å². The largest absolute Gasteiger partial charge is 0.545 e. The fourth-order valence-electron chi connectivity index (χ4n) is 4.60. The third kappa shape index (κ3) is 7.39. The van der Waals surface area contributed by atoms with Crippen LogP contribution in [-0.4, -0.2) is 49.3 Å². The number of likely N-dealkylation sites (N-methyl/N-ethyl adjacent to an activating group) is 1. The summed E-state index contributed by atoms with van der Waals surface area (Å²) in [5.74, 6) is -1.78. The van der Waals surface area contributed by atoms with Gasteiger partial charge < -0.3 is 29.1 Å². The molecule has 2 aliphatic rings. The van der Waals surface area contributed by atoms with Crippen molar-refractivity contribution in [3.05, 3.63) is 84.4 Å². The molecule has 1 heterocycles. The van der Waals surface area contributed by atoms with E-state index in [-0.39, 0.29) is 18.1 Å². The van der Waals surface area contributed by atoms with Crippen LogP contribution < -0.4 is 19.9 Å². The van der Waals surface area contributed by atoms with E-state index in [2.05, 4.69) is 11.2 Å². The molecular formula is C32H34N2O7. The number of hydrogen-bond donors (Lipinski definition) is 1. The molecular weight excluding hydrogens is 524 g/mol. The third-order valence-electron chi connectivity index (χ3n) is 6.41. The first-order valence-corrected chi connectivity index (χ1v) is 13.2. The lowest BCUT2D eigenvalue weighted by Gasteiger charge is -2.21. The molecule has 0 saturated heterocycles. The molecule has 0 saturated carbocycles. The maximum Gasteiger partial charge on any atom is 0.302 e. The Hall–Kier alpha value is -4.92. The molecule has 1 aliphatic carbocycles. The summed E-state index contributed by atoms with van der Waals surface area (Å²) in [4.78, 5) is 34.2. The van der Waals surface area contributed by atoms with Crippen LogP contribution in [0.25, 0.3) is 33.4 Å². The van der Waals surface area contributed by atoms with Gasteiger partial charge in [0.25, 0.3) is 5.97 Å². The summed E-state index contributed by atoms with van der Waals surface area (Å²) in [5.41, 5.74) is 3.76. The average molecular weight is 559 g/mol. The summed E-state index contributed by atoms with van der Waals surface area (Å²) in [5, 5.41) is 21.1. The molecule has 0 spiro atoms. The van der Waals surface area contributed by atoms with Crippen molar-refractivity contribution in [3.63, 3.8) is 0 Å². The third-order valence-corrected chi connectivity index (χ3v) is 6.41. The summed E-state index contributed by atoms with van der Waals surface area (Å²) in [6.07, 6.45) is 1.76. The standard InChI is InChI=1S/C30H30N2O5.C2H4O2/c1-5-31(6-2)21-12-14-25-27(18-21)37-28-19-22(32(7-3)16-17-36-20(4)33)13-15-26(28)29(25)23-10-8-9-11-24(23)30(34)35;1-2(3)4/h5,8-15,18-19H,1,6-7,16-17H2,2-4H3;1H3,(H,3,4). The number of fused-ring (bicyclic) bond motifs is 2. The van der Waals surface area contributed by atoms with Gasteiger partial charge in [0.1, 0.15) is 24.5 Å². The SMILES string of the molecule is C=CN(CC)c1ccc2c(-c3ccccc3C(=O)[O-])c3ccc(=[N+](CC)CCOC(C)=O)cc-3oc2c1.CC(=O)O. The number of aliphatic carboxylic acids is 1. The molecule has 0 fully saturated rings. The van der Waals surface area contributed by atoms with Crippen molar-refractivity contribution >= 4 is 34.6 Å². The zero-order valence-corrected chi connectivity index (χ0v) is 23.7. The van der Waals surface area contributed by atoms with Gasteiger partial charge in [0.05, 0.1) is 12.0 Å². The van der Waals surface area contributed by atoms with Crippen molar-refractivity contribution in [3.8, 4) is 22.5 Å². The van der Waals surface area contributed by atoms with Crippen molar-refractivity contribution in [1.29, 1.82) is 0 Å². The Labute approximate surface area is 238 Å². The van der Waals surface area contributed by atoms with E-state index in [9.17, 15) is 14.7 Å². The number of rotatable bonds is 9. The van der Waals surface area contributed by atoms with Gasteiger partial charge in [0.15, 0.2) is 6.54 Å². The number of ether oxygens (including phenoxy) is 1. The van der Waals surface area contributed by atoms with Gasteiger partial charge in [-0.2, -0.15) is 0 Å². The minimum Gasteiger partial charge on any atom is -0.545 e. The first-order valence-electron chi connectivity index (χ1n) is 13.2. The van der Waals surface area contributed by atoms with E-state index >= 15 is 0 Å². The summed E-state index contributed by atoms with van der Waals surface area (Å²) in [7, 11) is 0. The molecule has 1 aliphatic heterocycles. The van der Waals surface area contributed by atoms with E-state index in [0.717, 1.165) is 41.0 Å². The van der Waals surface area contributed by atoms with E-state index in [1.165, 1.54) is 6.92 Å². The first kappa shape index (κ1) is 30.6. The Bertz CT molecular complexity index is 1620. The van der Waals surface area contributed by atoms with E-state index in [1.54, 1.807) is 24.4 Å². The van der Waals surface area contributed by atoms with Gasteiger partial charge in [-0.25, -0.2) is 4.58 Å². The molecule has 1 N–H and O–H groups in total. The number of carboxylic acid groups (broad SMARTS) is 2. The van der Waals surface area contributed by atoms with Crippen LogP contribution in [0.4, 0.5) is 5.69 Å². The van der Waals surface area contributed by atoms with Crippen LogP contribution >= 0.6 is 0 Å². The molecule has 0 atom stereocenters. The van der Waals surface area contributed by atoms with E-state index < -0.39 is 11.9 Å². The van der Waals surface area contributed by atoms with Crippen LogP contribution in [0.2, 0.25) is 0 Å². The minimum absolute atomic E-state index is 0.113. The fraction of sp³-hybridized carbons (Fsp3) is 0.250. The normalized spacial score (nSPS) is 11.3. The van der Waals surface area contributed by atoms with Crippen LogP contribution in [0, 0.1) is 0 Å². The lowest BCUT2D eigenvalue weighted by molar-refractivity contribution is -0.255. The summed E-state index contributed by atoms with van der Waals surface area (Å²) in [6.45, 7) is 12.7. The van der Waals surface area contributed by atoms with Crippen molar-refractivity contribution in [1.82, 2.24) is 4.58 Å². The molecule has 0 bridgehead atoms. The highest BCUT2D eigenvalue weighted by Gasteiger charge is 2.21. The van der Waals surface area contributed by atoms with Crippen molar-refractivity contribution in [2.24, 2.45) is 0 Å². The molecule has 0 aromatic heterocycles. The number of anilines is 1. The van der Waals surface area contributed by atoms with Gasteiger partial charge in [0, 0.05) is 60.3 Å². The van der Waals surface area contributed by atoms with Gasteiger partial charge in [-0.1, -0.05) is 30.8 Å². The molecule has 9 heteroatoms. The molecule has 0 unspecified atom stereocenters. The van der Waals surface area contributed by atoms with Gasteiger partial charge in [-0.05, 0) is 43.8 Å². The Balaban J connectivity index is 0.00000108. The second-order valence-electron chi connectivity index (χ2n) is 9.08. The maximum atomic E-state index is 12.0. The number of hydrogen-bond acceptors (Lipinski definition) is 7. The second-order valence-corrected chi connectivity index (χ2v) is 9.08. The van der Waals surface area contributed by atoms with Gasteiger partial charge >= 0.3 is 5.97 Å². The maximum absolute atomic E-state index is 12.0. The van der Waals surface area contributed by atoms with Gasteiger partial charge in [-0.3, -0.25) is 9.59 Å². The van der Waals surface area contributed by atoms with Gasteiger partial charge in [0.2, 0.25) is 5.36 Å². The number of carboxylic acids is 2. The number of carbonyl (C=O) groups excluding carboxylic acids is 2. The van der Waals surface area contributed by atoms with Crippen LogP contribution in [0.5, 0.6) is 0 Å². The molecule has 0 amide bonds. The highest BCUT2D eigenvalue weighted by molar-refractivity contribution is 6.07. The Kier molecular flexibility index (Phi) is 10.4. The topological polar surface area (TPSA) is 123 Å². The number of nitrogens with zero attached hydrogens (tertiary/aromatic N) is 2. The lowest BCUT2D eigenvalue weighted by atomic mass is 9.90. The quantitative estimate of drug-likeness (QED) is 0.186. The minimum atomic E-state index is -1.24. The van der Waals surface area contributed by atoms with Crippen molar-refractivity contribution in [2.75, 3.05) is 31.1 Å². The predicted octanol–water partition coefficient (Wildman–Crippen LogP) is 3.98. The monoisotopic (exact) mass is 558 g/mol. The van der Waals surface area contributed by atoms with E-state index in [0.29, 0.717) is 30.0 Å². The smallest absolute Gasteiger partial charge is 0.302 e. The zero-order chi connectivity index (χ0) is 30.1. The molecule has 0 radical (unpaired) electrons. The van der Waals surface area contributed by atoms with Gasteiger partial charge in [-0.15, -0.1) is 0 Å². The van der Waals surface area contributed by atoms with Crippen molar-refractivity contribution in [2.45, 2.75) is 27.7 Å². The van der Waals surface area contributed by atoms with Crippen LogP contribution in [0.3, 0.4) is 0 Å². The fourth-order valence-corrected chi connectivity index (χ4v) is 4.60. The Morgan fingerprint density at radius 3 is 2.37 bits per heavy atom. The predicted molar refractivity (Wildman–Crippen MR) is 156 cm³/mol. The van der Waals surface area contributed by atoms with Crippen molar-refractivity contribution < 1.29 is 33.8 Å². The van der Waals surface area contributed by atoms with E-state index in [1.807, 2.05) is 61.2 Å². The van der Waals surface area contributed by atoms with Crippen LogP contribution in [0.1, 0.15) is 38.1 Å². The Morgan fingerprint density at radius 2 is 1.76 bits per heavy atom. The summed E-state index contributed by atoms with van der Waals surface area (Å²) >= 11 is 0. The number of carbonyl (C=O) groups is 3. The summed E-state index contributed by atoms with van der Waals surface area (Å²) < 4.78 is 13.6. The lowest BCUT2D eigenvalue weighted by Crippen LogP contribution is -2.33. The molecule has 2 aromatic rings. The molecule has 41 heavy (non-hydrogen) atoms. The highest BCUT2D eigenvalue weighted by Crippen LogP contribution is 2.41. The van der Waals surface area contributed by atoms with E-state index in [4.69, 9.17) is 19.1 Å². The zero-order valence-electron chi connectivity index (χ0n) is 23.7. The average Bonchev–Trinajstić information content (AvgIpc) is 2.94.